The van der Waals surface area contributed by atoms with Gasteiger partial charge in [-0.05, 0) is 44.0 Å². The standard InChI is InChI=1S/C21H30N2O7/c1-21(2,3)30-20(27)23-7-5-22(6-8-23)17-10-15(12-19(26)28-4)9-16(11-17)13-29-14-18(24)25/h9-11H,5-8,12-14H2,1-4H3,(H,24,25). The van der Waals surface area contributed by atoms with Crippen molar-refractivity contribution in [2.45, 2.75) is 39.4 Å². The Labute approximate surface area is 176 Å². The molecule has 30 heavy (non-hydrogen) atoms. The first-order chi connectivity index (χ1) is 14.1. The molecule has 0 aromatic heterocycles. The summed E-state index contributed by atoms with van der Waals surface area (Å²) in [5, 5.41) is 8.76. The predicted octanol–water partition coefficient (Wildman–Crippen LogP) is 2.06. The third-order valence-electron chi connectivity index (χ3n) is 4.40. The molecule has 1 aliphatic heterocycles. The number of esters is 1. The van der Waals surface area contributed by atoms with Crippen molar-refractivity contribution >= 4 is 23.7 Å². The van der Waals surface area contributed by atoms with E-state index < -0.39 is 18.2 Å². The summed E-state index contributed by atoms with van der Waals surface area (Å²) in [5.41, 5.74) is 1.86. The van der Waals surface area contributed by atoms with E-state index in [9.17, 15) is 14.4 Å². The van der Waals surface area contributed by atoms with E-state index in [0.29, 0.717) is 26.2 Å². The lowest BCUT2D eigenvalue weighted by atomic mass is 10.1. The molecule has 9 heteroatoms. The molecule has 166 valence electrons. The number of rotatable bonds is 7. The van der Waals surface area contributed by atoms with Crippen molar-refractivity contribution in [3.63, 3.8) is 0 Å². The monoisotopic (exact) mass is 422 g/mol. The zero-order valence-corrected chi connectivity index (χ0v) is 18.0. The fraction of sp³-hybridized carbons (Fsp3) is 0.571. The van der Waals surface area contributed by atoms with Gasteiger partial charge in [0, 0.05) is 31.9 Å². The maximum Gasteiger partial charge on any atom is 0.410 e. The number of benzene rings is 1. The van der Waals surface area contributed by atoms with Crippen LogP contribution < -0.4 is 4.90 Å². The van der Waals surface area contributed by atoms with Gasteiger partial charge in [-0.2, -0.15) is 0 Å². The molecule has 0 saturated carbocycles. The minimum Gasteiger partial charge on any atom is -0.480 e. The Morgan fingerprint density at radius 1 is 1.03 bits per heavy atom. The number of anilines is 1. The van der Waals surface area contributed by atoms with E-state index >= 15 is 0 Å². The minimum atomic E-state index is -1.04. The molecule has 1 aromatic carbocycles. The molecule has 0 bridgehead atoms. The number of carboxylic acid groups (broad SMARTS) is 1. The van der Waals surface area contributed by atoms with Gasteiger partial charge in [0.1, 0.15) is 12.2 Å². The molecule has 1 saturated heterocycles. The van der Waals surface area contributed by atoms with Gasteiger partial charge in [-0.15, -0.1) is 0 Å². The van der Waals surface area contributed by atoms with E-state index in [1.165, 1.54) is 7.11 Å². The molecule has 1 fully saturated rings. The molecule has 1 heterocycles. The molecule has 0 unspecified atom stereocenters. The molecule has 0 atom stereocenters. The van der Waals surface area contributed by atoms with Crippen molar-refractivity contribution in [2.75, 3.05) is 44.8 Å². The number of aliphatic carboxylic acids is 1. The highest BCUT2D eigenvalue weighted by molar-refractivity contribution is 5.73. The Morgan fingerprint density at radius 2 is 1.67 bits per heavy atom. The smallest absolute Gasteiger partial charge is 0.410 e. The first kappa shape index (κ1) is 23.5. The van der Waals surface area contributed by atoms with Crippen LogP contribution in [-0.4, -0.2) is 73.5 Å². The molecule has 2 rings (SSSR count). The first-order valence-corrected chi connectivity index (χ1v) is 9.79. The van der Waals surface area contributed by atoms with E-state index in [2.05, 4.69) is 4.90 Å². The molecular weight excluding hydrogens is 392 g/mol. The van der Waals surface area contributed by atoms with Gasteiger partial charge >= 0.3 is 18.0 Å². The molecule has 0 spiro atoms. The molecule has 1 N–H and O–H groups in total. The van der Waals surface area contributed by atoms with Crippen LogP contribution in [-0.2, 0) is 36.8 Å². The molecule has 1 aromatic rings. The molecule has 1 amide bonds. The Kier molecular flexibility index (Phi) is 8.05. The summed E-state index contributed by atoms with van der Waals surface area (Å²) in [6, 6.07) is 5.62. The maximum atomic E-state index is 12.3. The number of ether oxygens (including phenoxy) is 3. The molecule has 1 aliphatic rings. The number of piperazine rings is 1. The van der Waals surface area contributed by atoms with Crippen LogP contribution in [0.3, 0.4) is 0 Å². The van der Waals surface area contributed by atoms with Gasteiger partial charge < -0.3 is 29.1 Å². The highest BCUT2D eigenvalue weighted by Gasteiger charge is 2.26. The van der Waals surface area contributed by atoms with E-state index in [1.54, 1.807) is 11.0 Å². The zero-order valence-electron chi connectivity index (χ0n) is 18.0. The molecule has 0 aliphatic carbocycles. The molecule has 9 nitrogen and oxygen atoms in total. The second kappa shape index (κ2) is 10.3. The second-order valence-electron chi connectivity index (χ2n) is 8.10. The van der Waals surface area contributed by atoms with Crippen LogP contribution in [0.25, 0.3) is 0 Å². The summed E-state index contributed by atoms with van der Waals surface area (Å²) in [6.07, 6.45) is -0.224. The summed E-state index contributed by atoms with van der Waals surface area (Å²) in [4.78, 5) is 38.5. The Morgan fingerprint density at radius 3 is 2.23 bits per heavy atom. The average Bonchev–Trinajstić information content (AvgIpc) is 2.66. The van der Waals surface area contributed by atoms with E-state index in [1.807, 2.05) is 32.9 Å². The van der Waals surface area contributed by atoms with Crippen molar-refractivity contribution in [3.8, 4) is 0 Å². The number of nitrogens with zero attached hydrogens (tertiary/aromatic N) is 2. The summed E-state index contributed by atoms with van der Waals surface area (Å²) < 4.78 is 15.4. The summed E-state index contributed by atoms with van der Waals surface area (Å²) in [6.45, 7) is 7.47. The van der Waals surface area contributed by atoms with Gasteiger partial charge in [0.2, 0.25) is 0 Å². The normalized spacial score (nSPS) is 14.4. The van der Waals surface area contributed by atoms with Crippen LogP contribution in [0, 0.1) is 0 Å². The fourth-order valence-corrected chi connectivity index (χ4v) is 3.08. The summed E-state index contributed by atoms with van der Waals surface area (Å²) in [7, 11) is 1.33. The lowest BCUT2D eigenvalue weighted by molar-refractivity contribution is -0.142. The topological polar surface area (TPSA) is 106 Å². The summed E-state index contributed by atoms with van der Waals surface area (Å²) >= 11 is 0. The van der Waals surface area contributed by atoms with E-state index in [0.717, 1.165) is 16.8 Å². The molecular formula is C21H30N2O7. The number of carbonyl (C=O) groups is 3. The van der Waals surface area contributed by atoms with Crippen molar-refractivity contribution in [1.29, 1.82) is 0 Å². The van der Waals surface area contributed by atoms with Crippen LogP contribution in [0.5, 0.6) is 0 Å². The Hall–Kier alpha value is -2.81. The van der Waals surface area contributed by atoms with Crippen LogP contribution in [0.2, 0.25) is 0 Å². The van der Waals surface area contributed by atoms with Crippen LogP contribution >= 0.6 is 0 Å². The predicted molar refractivity (Wildman–Crippen MR) is 109 cm³/mol. The number of carbonyl (C=O) groups excluding carboxylic acids is 2. The van der Waals surface area contributed by atoms with Crippen molar-refractivity contribution in [1.82, 2.24) is 4.90 Å². The number of hydrogen-bond acceptors (Lipinski definition) is 7. The zero-order chi connectivity index (χ0) is 22.3. The van der Waals surface area contributed by atoms with Crippen LogP contribution in [0.15, 0.2) is 18.2 Å². The van der Waals surface area contributed by atoms with Gasteiger partial charge in [-0.1, -0.05) is 6.07 Å². The fourth-order valence-electron chi connectivity index (χ4n) is 3.08. The maximum absolute atomic E-state index is 12.3. The number of hydrogen-bond donors (Lipinski definition) is 1. The minimum absolute atomic E-state index is 0.105. The number of methoxy groups -OCH3 is 1. The largest absolute Gasteiger partial charge is 0.480 e. The first-order valence-electron chi connectivity index (χ1n) is 9.79. The number of carboxylic acids is 1. The van der Waals surface area contributed by atoms with Crippen LogP contribution in [0.1, 0.15) is 31.9 Å². The summed E-state index contributed by atoms with van der Waals surface area (Å²) in [5.74, 6) is -1.40. The SMILES string of the molecule is COC(=O)Cc1cc(COCC(=O)O)cc(N2CCN(C(=O)OC(C)(C)C)CC2)c1. The van der Waals surface area contributed by atoms with Crippen molar-refractivity contribution in [2.24, 2.45) is 0 Å². The third kappa shape index (κ3) is 7.55. The van der Waals surface area contributed by atoms with Gasteiger partial charge in [-0.3, -0.25) is 4.79 Å². The lowest BCUT2D eigenvalue weighted by Crippen LogP contribution is -2.50. The third-order valence-corrected chi connectivity index (χ3v) is 4.40. The van der Waals surface area contributed by atoms with Gasteiger partial charge in [-0.25, -0.2) is 9.59 Å². The number of amides is 1. The Balaban J connectivity index is 2.09. The highest BCUT2D eigenvalue weighted by atomic mass is 16.6. The van der Waals surface area contributed by atoms with Gasteiger partial charge in [0.25, 0.3) is 0 Å². The van der Waals surface area contributed by atoms with Crippen LogP contribution in [0.4, 0.5) is 10.5 Å². The Bertz CT molecular complexity index is 765. The van der Waals surface area contributed by atoms with Crippen molar-refractivity contribution < 1.29 is 33.7 Å². The lowest BCUT2D eigenvalue weighted by Gasteiger charge is -2.37. The quantitative estimate of drug-likeness (QED) is 0.666. The van der Waals surface area contributed by atoms with Gasteiger partial charge in [0.05, 0.1) is 20.1 Å². The van der Waals surface area contributed by atoms with Crippen molar-refractivity contribution in [3.05, 3.63) is 29.3 Å². The van der Waals surface area contributed by atoms with E-state index in [4.69, 9.17) is 19.3 Å². The molecule has 0 radical (unpaired) electrons. The second-order valence-corrected chi connectivity index (χ2v) is 8.10. The highest BCUT2D eigenvalue weighted by Crippen LogP contribution is 2.23. The average molecular weight is 422 g/mol. The van der Waals surface area contributed by atoms with Gasteiger partial charge in [0.15, 0.2) is 0 Å². The van der Waals surface area contributed by atoms with E-state index in [-0.39, 0.29) is 25.1 Å².